The Balaban J connectivity index is 2.07. The molecule has 0 saturated carbocycles. The van der Waals surface area contributed by atoms with Gasteiger partial charge in [-0.25, -0.2) is 8.42 Å². The monoisotopic (exact) mass is 631 g/mol. The van der Waals surface area contributed by atoms with Crippen molar-refractivity contribution in [3.63, 3.8) is 0 Å². The largest absolute Gasteiger partial charge is 0.497 e. The number of hydrogen-bond donors (Lipinski definition) is 1. The molecule has 0 fully saturated rings. The number of ether oxygens (including phenoxy) is 3. The van der Waals surface area contributed by atoms with Gasteiger partial charge in [0.1, 0.15) is 18.3 Å². The van der Waals surface area contributed by atoms with Crippen LogP contribution in [-0.4, -0.2) is 64.6 Å². The molecule has 0 aromatic heterocycles. The van der Waals surface area contributed by atoms with Crippen LogP contribution in [0.15, 0.2) is 71.6 Å². The Labute approximate surface area is 258 Å². The standard InChI is InChI=1S/C31H38ClN3O7S/c1-21(30(37)33-31(2,3)4)34(19-22-8-14-25(40-5)15-9-22)29(36)20-35(24-12-10-23(32)11-13-24)43(38,39)26-16-17-27(41-6)28(18-26)42-7/h8-18,21H,19-20H2,1-7H3,(H,33,37)/t21-/m0/s1. The predicted molar refractivity (Wildman–Crippen MR) is 166 cm³/mol. The van der Waals surface area contributed by atoms with Gasteiger partial charge < -0.3 is 24.4 Å². The van der Waals surface area contributed by atoms with Crippen LogP contribution in [0.1, 0.15) is 33.3 Å². The fraction of sp³-hybridized carbons (Fsp3) is 0.355. The van der Waals surface area contributed by atoms with E-state index in [-0.39, 0.29) is 28.8 Å². The number of sulfonamides is 1. The number of hydrogen-bond acceptors (Lipinski definition) is 7. The Morgan fingerprint density at radius 1 is 0.884 bits per heavy atom. The van der Waals surface area contributed by atoms with E-state index in [4.69, 9.17) is 25.8 Å². The number of nitrogens with zero attached hydrogens (tertiary/aromatic N) is 2. The third-order valence-electron chi connectivity index (χ3n) is 6.51. The minimum atomic E-state index is -4.32. The predicted octanol–water partition coefficient (Wildman–Crippen LogP) is 4.89. The second kappa shape index (κ2) is 14.0. The number of anilines is 1. The quantitative estimate of drug-likeness (QED) is 0.303. The van der Waals surface area contributed by atoms with Crippen molar-refractivity contribution in [1.82, 2.24) is 10.2 Å². The Morgan fingerprint density at radius 2 is 1.49 bits per heavy atom. The maximum Gasteiger partial charge on any atom is 0.264 e. The van der Waals surface area contributed by atoms with E-state index in [9.17, 15) is 18.0 Å². The lowest BCUT2D eigenvalue weighted by Crippen LogP contribution is -2.54. The number of carbonyl (C=O) groups excluding carboxylic acids is 2. The van der Waals surface area contributed by atoms with Crippen LogP contribution in [0.4, 0.5) is 5.69 Å². The number of halogens is 1. The number of benzene rings is 3. The van der Waals surface area contributed by atoms with Gasteiger partial charge in [0.2, 0.25) is 11.8 Å². The highest BCUT2D eigenvalue weighted by Crippen LogP contribution is 2.32. The maximum absolute atomic E-state index is 14.1. The normalized spacial score (nSPS) is 12.2. The molecular weight excluding hydrogens is 594 g/mol. The fourth-order valence-corrected chi connectivity index (χ4v) is 5.78. The SMILES string of the molecule is COc1ccc(CN(C(=O)CN(c2ccc(Cl)cc2)S(=O)(=O)c2ccc(OC)c(OC)c2)[C@@H](C)C(=O)NC(C)(C)C)cc1. The van der Waals surface area contributed by atoms with Crippen LogP contribution >= 0.6 is 11.6 Å². The number of methoxy groups -OCH3 is 3. The Kier molecular flexibility index (Phi) is 10.9. The molecule has 10 nitrogen and oxygen atoms in total. The summed E-state index contributed by atoms with van der Waals surface area (Å²) in [6.07, 6.45) is 0. The van der Waals surface area contributed by atoms with Crippen LogP contribution in [0.3, 0.4) is 0 Å². The first-order valence-corrected chi connectivity index (χ1v) is 15.3. The summed E-state index contributed by atoms with van der Waals surface area (Å²) in [5.41, 5.74) is 0.390. The lowest BCUT2D eigenvalue weighted by atomic mass is 10.1. The van der Waals surface area contributed by atoms with Gasteiger partial charge in [-0.15, -0.1) is 0 Å². The van der Waals surface area contributed by atoms with Gasteiger partial charge in [-0.05, 0) is 81.8 Å². The highest BCUT2D eigenvalue weighted by molar-refractivity contribution is 7.92. The van der Waals surface area contributed by atoms with Crippen LogP contribution < -0.4 is 23.8 Å². The number of amides is 2. The van der Waals surface area contributed by atoms with Gasteiger partial charge >= 0.3 is 0 Å². The molecule has 3 aromatic carbocycles. The van der Waals surface area contributed by atoms with Crippen LogP contribution in [0.5, 0.6) is 17.2 Å². The molecule has 0 aliphatic rings. The lowest BCUT2D eigenvalue weighted by molar-refractivity contribution is -0.140. The first-order chi connectivity index (χ1) is 20.2. The van der Waals surface area contributed by atoms with E-state index in [1.54, 1.807) is 38.3 Å². The van der Waals surface area contributed by atoms with E-state index in [1.165, 1.54) is 61.6 Å². The zero-order valence-electron chi connectivity index (χ0n) is 25.4. The molecule has 0 aliphatic heterocycles. The maximum atomic E-state index is 14.1. The van der Waals surface area contributed by atoms with Gasteiger partial charge in [0.05, 0.1) is 31.9 Å². The lowest BCUT2D eigenvalue weighted by Gasteiger charge is -2.33. The molecule has 3 aromatic rings. The number of carbonyl (C=O) groups is 2. The Bertz CT molecular complexity index is 1520. The van der Waals surface area contributed by atoms with Gasteiger partial charge in [-0.3, -0.25) is 13.9 Å². The van der Waals surface area contributed by atoms with Crippen molar-refractivity contribution in [3.05, 3.63) is 77.3 Å². The van der Waals surface area contributed by atoms with Crippen LogP contribution in [0.25, 0.3) is 0 Å². The summed E-state index contributed by atoms with van der Waals surface area (Å²) in [6.45, 7) is 6.58. The van der Waals surface area contributed by atoms with E-state index in [1.807, 2.05) is 20.8 Å². The summed E-state index contributed by atoms with van der Waals surface area (Å²) in [5.74, 6) is 0.219. The van der Waals surface area contributed by atoms with E-state index >= 15 is 0 Å². The topological polar surface area (TPSA) is 114 Å². The Morgan fingerprint density at radius 3 is 2.02 bits per heavy atom. The number of rotatable bonds is 12. The van der Waals surface area contributed by atoms with Crippen molar-refractivity contribution in [3.8, 4) is 17.2 Å². The van der Waals surface area contributed by atoms with Crippen molar-refractivity contribution in [2.24, 2.45) is 0 Å². The van der Waals surface area contributed by atoms with E-state index in [2.05, 4.69) is 5.32 Å². The molecule has 232 valence electrons. The van der Waals surface area contributed by atoms with Crippen molar-refractivity contribution in [2.45, 2.75) is 50.7 Å². The molecule has 0 aliphatic carbocycles. The van der Waals surface area contributed by atoms with Crippen molar-refractivity contribution >= 4 is 39.1 Å². The Hall–Kier alpha value is -3.96. The summed E-state index contributed by atoms with van der Waals surface area (Å²) in [7, 11) is 0.0721. The molecule has 0 bridgehead atoms. The molecule has 1 N–H and O–H groups in total. The van der Waals surface area contributed by atoms with E-state index in [0.29, 0.717) is 16.5 Å². The van der Waals surface area contributed by atoms with Crippen LogP contribution in [-0.2, 0) is 26.2 Å². The summed E-state index contributed by atoms with van der Waals surface area (Å²) in [4.78, 5) is 28.6. The first kappa shape index (κ1) is 33.5. The average molecular weight is 632 g/mol. The first-order valence-electron chi connectivity index (χ1n) is 13.4. The van der Waals surface area contributed by atoms with Gasteiger partial charge in [-0.1, -0.05) is 23.7 Å². The second-order valence-corrected chi connectivity index (χ2v) is 13.1. The molecule has 3 rings (SSSR count). The van der Waals surface area contributed by atoms with Gasteiger partial charge in [0, 0.05) is 23.2 Å². The summed E-state index contributed by atoms with van der Waals surface area (Å²) >= 11 is 6.09. The molecule has 0 saturated heterocycles. The molecule has 0 radical (unpaired) electrons. The second-order valence-electron chi connectivity index (χ2n) is 10.8. The van der Waals surface area contributed by atoms with Crippen molar-refractivity contribution in [1.29, 1.82) is 0 Å². The molecule has 0 heterocycles. The third-order valence-corrected chi connectivity index (χ3v) is 8.54. The molecule has 0 spiro atoms. The van der Waals surface area contributed by atoms with E-state index in [0.717, 1.165) is 9.87 Å². The highest BCUT2D eigenvalue weighted by atomic mass is 35.5. The van der Waals surface area contributed by atoms with E-state index < -0.39 is 34.1 Å². The van der Waals surface area contributed by atoms with Gasteiger partial charge in [0.15, 0.2) is 11.5 Å². The van der Waals surface area contributed by atoms with Gasteiger partial charge in [0.25, 0.3) is 10.0 Å². The van der Waals surface area contributed by atoms with Crippen LogP contribution in [0.2, 0.25) is 5.02 Å². The molecule has 1 atom stereocenters. The van der Waals surface area contributed by atoms with Gasteiger partial charge in [-0.2, -0.15) is 0 Å². The van der Waals surface area contributed by atoms with Crippen LogP contribution in [0, 0.1) is 0 Å². The molecular formula is C31H38ClN3O7S. The molecule has 12 heteroatoms. The third kappa shape index (κ3) is 8.55. The average Bonchev–Trinajstić information content (AvgIpc) is 2.97. The smallest absolute Gasteiger partial charge is 0.264 e. The molecule has 2 amide bonds. The number of nitrogens with one attached hydrogen (secondary N) is 1. The minimum absolute atomic E-state index is 0.0480. The van der Waals surface area contributed by atoms with Crippen molar-refractivity contribution < 1.29 is 32.2 Å². The zero-order valence-corrected chi connectivity index (χ0v) is 27.0. The molecule has 43 heavy (non-hydrogen) atoms. The summed E-state index contributed by atoms with van der Waals surface area (Å²) < 4.78 is 45.0. The summed E-state index contributed by atoms with van der Waals surface area (Å²) in [5, 5.41) is 3.30. The minimum Gasteiger partial charge on any atom is -0.497 e. The van der Waals surface area contributed by atoms with Crippen molar-refractivity contribution in [2.75, 3.05) is 32.2 Å². The molecule has 0 unspecified atom stereocenters. The fourth-order valence-electron chi connectivity index (χ4n) is 4.22. The summed E-state index contributed by atoms with van der Waals surface area (Å²) in [6, 6.07) is 16.4. The zero-order chi connectivity index (χ0) is 31.9. The highest BCUT2D eigenvalue weighted by Gasteiger charge is 2.34.